The van der Waals surface area contributed by atoms with Gasteiger partial charge < -0.3 is 9.84 Å². The van der Waals surface area contributed by atoms with Crippen LogP contribution in [0.1, 0.15) is 51.5 Å². The highest BCUT2D eigenvalue weighted by Gasteiger charge is 2.50. The van der Waals surface area contributed by atoms with E-state index in [-0.39, 0.29) is 17.3 Å². The summed E-state index contributed by atoms with van der Waals surface area (Å²) >= 11 is 0. The summed E-state index contributed by atoms with van der Waals surface area (Å²) in [5.41, 5.74) is 3.58. The third-order valence-corrected chi connectivity index (χ3v) is 5.95. The third kappa shape index (κ3) is 1.77. The molecule has 0 amide bonds. The lowest BCUT2D eigenvalue weighted by Gasteiger charge is -2.48. The van der Waals surface area contributed by atoms with E-state index in [4.69, 9.17) is 4.74 Å². The molecule has 1 aromatic rings. The molecule has 0 radical (unpaired) electrons. The molecule has 1 N–H and O–H groups in total. The summed E-state index contributed by atoms with van der Waals surface area (Å²) in [6, 6.07) is 5.39. The van der Waals surface area contributed by atoms with E-state index in [1.165, 1.54) is 11.1 Å². The van der Waals surface area contributed by atoms with Gasteiger partial charge in [0.05, 0.1) is 0 Å². The van der Waals surface area contributed by atoms with Gasteiger partial charge in [0.2, 0.25) is 0 Å². The van der Waals surface area contributed by atoms with Crippen molar-refractivity contribution < 1.29 is 14.6 Å². The molecule has 3 heteroatoms. The molecule has 0 saturated heterocycles. The molecule has 3 atom stereocenters. The average Bonchev–Trinajstić information content (AvgIpc) is 2.48. The van der Waals surface area contributed by atoms with Crippen LogP contribution in [-0.4, -0.2) is 17.0 Å². The van der Waals surface area contributed by atoms with E-state index in [9.17, 15) is 9.90 Å². The quantitative estimate of drug-likeness (QED) is 0.784. The van der Waals surface area contributed by atoms with Crippen molar-refractivity contribution in [2.45, 2.75) is 52.1 Å². The van der Waals surface area contributed by atoms with Crippen molar-refractivity contribution in [2.24, 2.45) is 11.3 Å². The fraction of sp³-hybridized carbons (Fsp3) is 0.526. The van der Waals surface area contributed by atoms with Gasteiger partial charge in [0.1, 0.15) is 23.4 Å². The number of phenolic OH excluding ortho intramolecular Hbond substituents is 1. The van der Waals surface area contributed by atoms with Crippen LogP contribution in [0, 0.1) is 11.3 Å². The number of hydrogen-bond acceptors (Lipinski definition) is 3. The molecule has 4 rings (SSSR count). The van der Waals surface area contributed by atoms with Crippen LogP contribution in [0.25, 0.3) is 5.57 Å². The van der Waals surface area contributed by atoms with Crippen molar-refractivity contribution in [3.63, 3.8) is 0 Å². The van der Waals surface area contributed by atoms with E-state index in [2.05, 4.69) is 13.8 Å². The third-order valence-electron chi connectivity index (χ3n) is 5.95. The van der Waals surface area contributed by atoms with Crippen molar-refractivity contribution >= 4 is 11.4 Å². The molecule has 1 saturated carbocycles. The Morgan fingerprint density at radius 1 is 1.32 bits per heavy atom. The summed E-state index contributed by atoms with van der Waals surface area (Å²) in [6.07, 6.45) is 4.66. The van der Waals surface area contributed by atoms with Crippen molar-refractivity contribution in [1.82, 2.24) is 0 Å². The van der Waals surface area contributed by atoms with Crippen LogP contribution in [0.5, 0.6) is 11.5 Å². The summed E-state index contributed by atoms with van der Waals surface area (Å²) in [6.45, 7) is 4.23. The Morgan fingerprint density at radius 2 is 2.14 bits per heavy atom. The number of carbonyl (C=O) groups excluding carboxylic acids is 1. The lowest BCUT2D eigenvalue weighted by atomic mass is 9.56. The largest absolute Gasteiger partial charge is 0.508 e. The molecule has 116 valence electrons. The van der Waals surface area contributed by atoms with Crippen molar-refractivity contribution in [3.8, 4) is 11.5 Å². The molecule has 3 aliphatic rings. The summed E-state index contributed by atoms with van der Waals surface area (Å²) in [5.74, 6) is 1.76. The Kier molecular flexibility index (Phi) is 2.91. The fourth-order valence-electron chi connectivity index (χ4n) is 4.75. The molecule has 0 spiro atoms. The molecule has 2 aliphatic carbocycles. The van der Waals surface area contributed by atoms with Gasteiger partial charge in [0.15, 0.2) is 0 Å². The molecular formula is C19H22O3. The molecule has 1 unspecified atom stereocenters. The van der Waals surface area contributed by atoms with Crippen LogP contribution in [-0.2, 0) is 4.79 Å². The lowest BCUT2D eigenvalue weighted by Crippen LogP contribution is -2.46. The molecule has 22 heavy (non-hydrogen) atoms. The molecule has 0 bridgehead atoms. The number of aromatic hydroxyl groups is 1. The molecule has 1 aliphatic heterocycles. The predicted octanol–water partition coefficient (Wildman–Crippen LogP) is 4.10. The number of phenols is 1. The zero-order valence-electron chi connectivity index (χ0n) is 13.2. The molecule has 0 aromatic heterocycles. The maximum atomic E-state index is 12.5. The van der Waals surface area contributed by atoms with E-state index in [0.717, 1.165) is 43.4 Å². The molecule has 1 aromatic carbocycles. The lowest BCUT2D eigenvalue weighted by molar-refractivity contribution is -0.134. The van der Waals surface area contributed by atoms with Crippen LogP contribution in [0.3, 0.4) is 0 Å². The van der Waals surface area contributed by atoms with Gasteiger partial charge in [-0.25, -0.2) is 0 Å². The SMILES string of the molecule is CC1Oc2cc(O)ccc2C2=C1[C@@H]1CCCC(=O)[C@@]1(C)CC2. The highest BCUT2D eigenvalue weighted by Crippen LogP contribution is 2.56. The van der Waals surface area contributed by atoms with E-state index in [1.54, 1.807) is 12.1 Å². The Balaban J connectivity index is 1.87. The monoisotopic (exact) mass is 298 g/mol. The first-order valence-corrected chi connectivity index (χ1v) is 8.27. The van der Waals surface area contributed by atoms with Crippen LogP contribution in [0.4, 0.5) is 0 Å². The molecule has 1 fully saturated rings. The van der Waals surface area contributed by atoms with Crippen molar-refractivity contribution in [1.29, 1.82) is 0 Å². The van der Waals surface area contributed by atoms with Crippen LogP contribution >= 0.6 is 0 Å². The Morgan fingerprint density at radius 3 is 2.95 bits per heavy atom. The van der Waals surface area contributed by atoms with Gasteiger partial charge in [0.25, 0.3) is 0 Å². The maximum absolute atomic E-state index is 12.5. The first kappa shape index (κ1) is 13.9. The van der Waals surface area contributed by atoms with Crippen LogP contribution in [0.15, 0.2) is 23.8 Å². The topological polar surface area (TPSA) is 46.5 Å². The second-order valence-electron chi connectivity index (χ2n) is 7.16. The van der Waals surface area contributed by atoms with E-state index in [0.29, 0.717) is 11.7 Å². The zero-order valence-corrected chi connectivity index (χ0v) is 13.2. The molecule has 3 nitrogen and oxygen atoms in total. The van der Waals surface area contributed by atoms with Gasteiger partial charge in [0, 0.05) is 23.5 Å². The van der Waals surface area contributed by atoms with E-state index in [1.807, 2.05) is 6.07 Å². The minimum atomic E-state index is -0.205. The number of Topliss-reactive ketones (excluding diaryl/α,β-unsaturated/α-hetero) is 1. The number of ketones is 1. The van der Waals surface area contributed by atoms with E-state index >= 15 is 0 Å². The van der Waals surface area contributed by atoms with Crippen molar-refractivity contribution in [2.75, 3.05) is 0 Å². The fourth-order valence-corrected chi connectivity index (χ4v) is 4.75. The standard InChI is InChI=1S/C19H22O3/c1-11-18-14(13-7-6-12(20)10-16(13)22-11)8-9-19(2)15(18)4-3-5-17(19)21/h6-7,10-11,15,20H,3-5,8-9H2,1-2H3/t11?,15-,19-/m0/s1. The number of ether oxygens (including phenoxy) is 1. The van der Waals surface area contributed by atoms with Gasteiger partial charge in [-0.1, -0.05) is 6.92 Å². The number of benzene rings is 1. The number of carbonyl (C=O) groups is 1. The Bertz CT molecular complexity index is 688. The van der Waals surface area contributed by atoms with Crippen LogP contribution in [0.2, 0.25) is 0 Å². The van der Waals surface area contributed by atoms with Gasteiger partial charge >= 0.3 is 0 Å². The minimum absolute atomic E-state index is 0.0141. The normalized spacial score (nSPS) is 33.6. The minimum Gasteiger partial charge on any atom is -0.508 e. The summed E-state index contributed by atoms with van der Waals surface area (Å²) in [7, 11) is 0. The second kappa shape index (κ2) is 4.61. The van der Waals surface area contributed by atoms with E-state index < -0.39 is 0 Å². The second-order valence-corrected chi connectivity index (χ2v) is 7.16. The van der Waals surface area contributed by atoms with Gasteiger partial charge in [-0.2, -0.15) is 0 Å². The smallest absolute Gasteiger partial charge is 0.139 e. The van der Waals surface area contributed by atoms with Gasteiger partial charge in [-0.05, 0) is 61.8 Å². The van der Waals surface area contributed by atoms with Gasteiger partial charge in [-0.15, -0.1) is 0 Å². The molecule has 1 heterocycles. The predicted molar refractivity (Wildman–Crippen MR) is 84.8 cm³/mol. The molecular weight excluding hydrogens is 276 g/mol. The summed E-state index contributed by atoms with van der Waals surface area (Å²) in [4.78, 5) is 12.5. The first-order valence-electron chi connectivity index (χ1n) is 8.27. The maximum Gasteiger partial charge on any atom is 0.139 e. The Labute approximate surface area is 131 Å². The number of fused-ring (bicyclic) bond motifs is 4. The number of allylic oxidation sites excluding steroid dienone is 1. The number of rotatable bonds is 0. The Hall–Kier alpha value is -1.77. The average molecular weight is 298 g/mol. The van der Waals surface area contributed by atoms with Crippen LogP contribution < -0.4 is 4.74 Å². The van der Waals surface area contributed by atoms with Crippen molar-refractivity contribution in [3.05, 3.63) is 29.3 Å². The zero-order chi connectivity index (χ0) is 15.5. The summed E-state index contributed by atoms with van der Waals surface area (Å²) in [5, 5.41) is 9.69. The number of hydrogen-bond donors (Lipinski definition) is 1. The highest BCUT2D eigenvalue weighted by atomic mass is 16.5. The highest BCUT2D eigenvalue weighted by molar-refractivity contribution is 5.89. The summed E-state index contributed by atoms with van der Waals surface area (Å²) < 4.78 is 6.08. The first-order chi connectivity index (χ1) is 10.5. The van der Waals surface area contributed by atoms with Gasteiger partial charge in [-0.3, -0.25) is 4.79 Å².